The lowest BCUT2D eigenvalue weighted by Crippen LogP contribution is -2.14. The first-order valence-corrected chi connectivity index (χ1v) is 6.05. The van der Waals surface area contributed by atoms with Crippen molar-refractivity contribution in [3.8, 4) is 0 Å². The van der Waals surface area contributed by atoms with E-state index < -0.39 is 5.97 Å². The van der Waals surface area contributed by atoms with E-state index in [9.17, 15) is 9.59 Å². The first kappa shape index (κ1) is 12.6. The van der Waals surface area contributed by atoms with E-state index >= 15 is 0 Å². The van der Waals surface area contributed by atoms with Crippen molar-refractivity contribution in [2.24, 2.45) is 0 Å². The maximum atomic E-state index is 11.8. The van der Waals surface area contributed by atoms with Gasteiger partial charge in [0.05, 0.1) is 0 Å². The molecule has 1 aromatic heterocycles. The molecule has 0 fully saturated rings. The third kappa shape index (κ3) is 3.07. The molecule has 5 heteroatoms. The molecule has 0 amide bonds. The molecular weight excluding hydrogens is 298 g/mol. The number of halogens is 1. The molecule has 1 heterocycles. The number of ether oxygens (including phenoxy) is 1. The zero-order valence-corrected chi connectivity index (χ0v) is 10.9. The molecule has 2 aromatic rings. The summed E-state index contributed by atoms with van der Waals surface area (Å²) in [5.74, 6) is -0.778. The van der Waals surface area contributed by atoms with E-state index in [1.807, 2.05) is 6.07 Å². The lowest BCUT2D eigenvalue weighted by molar-refractivity contribution is 0.0469. The van der Waals surface area contributed by atoms with Crippen molar-refractivity contribution in [2.75, 3.05) is 6.61 Å². The Hall–Kier alpha value is -1.88. The van der Waals surface area contributed by atoms with Gasteiger partial charge in [-0.25, -0.2) is 4.79 Å². The second kappa shape index (κ2) is 5.64. The van der Waals surface area contributed by atoms with Gasteiger partial charge < -0.3 is 9.72 Å². The van der Waals surface area contributed by atoms with Gasteiger partial charge in [-0.1, -0.05) is 28.1 Å². The van der Waals surface area contributed by atoms with Crippen molar-refractivity contribution < 1.29 is 14.3 Å². The molecule has 0 saturated heterocycles. The molecule has 0 saturated carbocycles. The second-order valence-electron chi connectivity index (χ2n) is 3.59. The number of carbonyl (C=O) groups is 2. The van der Waals surface area contributed by atoms with Crippen LogP contribution in [0, 0.1) is 0 Å². The highest BCUT2D eigenvalue weighted by Crippen LogP contribution is 2.12. The fourth-order valence-electron chi connectivity index (χ4n) is 1.41. The fourth-order valence-corrected chi connectivity index (χ4v) is 1.81. The van der Waals surface area contributed by atoms with Crippen LogP contribution in [0.15, 0.2) is 47.1 Å². The Labute approximate surface area is 112 Å². The van der Waals surface area contributed by atoms with Gasteiger partial charge in [0.2, 0.25) is 0 Å². The molecule has 0 radical (unpaired) electrons. The standard InChI is InChI=1S/C13H10BrNO3/c14-10-4-1-3-9(7-10)12(16)8-18-13(17)11-5-2-6-15-11/h1-7,15H,8H2. The zero-order chi connectivity index (χ0) is 13.0. The Morgan fingerprint density at radius 1 is 1.22 bits per heavy atom. The highest BCUT2D eigenvalue weighted by atomic mass is 79.9. The minimum atomic E-state index is -0.539. The van der Waals surface area contributed by atoms with Crippen LogP contribution in [0.1, 0.15) is 20.8 Å². The monoisotopic (exact) mass is 307 g/mol. The summed E-state index contributed by atoms with van der Waals surface area (Å²) in [6.07, 6.45) is 1.62. The van der Waals surface area contributed by atoms with Crippen LogP contribution in [0.25, 0.3) is 0 Å². The van der Waals surface area contributed by atoms with Gasteiger partial charge in [0.1, 0.15) is 5.69 Å². The van der Waals surface area contributed by atoms with Crippen molar-refractivity contribution in [2.45, 2.75) is 0 Å². The van der Waals surface area contributed by atoms with Crippen LogP contribution in [0.3, 0.4) is 0 Å². The van der Waals surface area contributed by atoms with Gasteiger partial charge in [0.25, 0.3) is 0 Å². The Kier molecular flexibility index (Phi) is 3.94. The predicted octanol–water partition coefficient (Wildman–Crippen LogP) is 2.82. The van der Waals surface area contributed by atoms with Crippen LogP contribution >= 0.6 is 15.9 Å². The molecular formula is C13H10BrNO3. The summed E-state index contributed by atoms with van der Waals surface area (Å²) in [6, 6.07) is 10.2. The fraction of sp³-hybridized carbons (Fsp3) is 0.0769. The number of ketones is 1. The maximum absolute atomic E-state index is 11.8. The zero-order valence-electron chi connectivity index (χ0n) is 9.35. The van der Waals surface area contributed by atoms with Gasteiger partial charge in [-0.05, 0) is 24.3 Å². The van der Waals surface area contributed by atoms with E-state index in [2.05, 4.69) is 20.9 Å². The number of aromatic nitrogens is 1. The van der Waals surface area contributed by atoms with Gasteiger partial charge >= 0.3 is 5.97 Å². The minimum absolute atomic E-state index is 0.240. The van der Waals surface area contributed by atoms with E-state index in [1.54, 1.807) is 36.5 Å². The molecule has 0 aliphatic rings. The van der Waals surface area contributed by atoms with Gasteiger partial charge in [0, 0.05) is 16.2 Å². The van der Waals surface area contributed by atoms with Crippen molar-refractivity contribution >= 4 is 27.7 Å². The topological polar surface area (TPSA) is 59.2 Å². The van der Waals surface area contributed by atoms with Gasteiger partial charge in [-0.2, -0.15) is 0 Å². The molecule has 4 nitrogen and oxygen atoms in total. The average molecular weight is 308 g/mol. The van der Waals surface area contributed by atoms with Crippen LogP contribution < -0.4 is 0 Å². The second-order valence-corrected chi connectivity index (χ2v) is 4.51. The molecule has 1 N–H and O–H groups in total. The van der Waals surface area contributed by atoms with Crippen molar-refractivity contribution in [3.05, 3.63) is 58.3 Å². The molecule has 92 valence electrons. The number of nitrogens with one attached hydrogen (secondary N) is 1. The van der Waals surface area contributed by atoms with Crippen LogP contribution in [0.5, 0.6) is 0 Å². The number of Topliss-reactive ketones (excluding diaryl/α,β-unsaturated/α-hetero) is 1. The molecule has 0 spiro atoms. The molecule has 2 rings (SSSR count). The SMILES string of the molecule is O=C(COC(=O)c1ccc[nH]1)c1cccc(Br)c1. The lowest BCUT2D eigenvalue weighted by Gasteiger charge is -2.03. The number of rotatable bonds is 4. The molecule has 0 aliphatic carbocycles. The molecule has 0 aliphatic heterocycles. The Bertz CT molecular complexity index is 563. The van der Waals surface area contributed by atoms with Crippen molar-refractivity contribution in [1.82, 2.24) is 4.98 Å². The van der Waals surface area contributed by atoms with E-state index in [0.717, 1.165) is 4.47 Å². The number of hydrogen-bond acceptors (Lipinski definition) is 3. The quantitative estimate of drug-likeness (QED) is 0.698. The van der Waals surface area contributed by atoms with Crippen LogP contribution in [-0.2, 0) is 4.74 Å². The lowest BCUT2D eigenvalue weighted by atomic mass is 10.1. The predicted molar refractivity (Wildman–Crippen MR) is 69.5 cm³/mol. The summed E-state index contributed by atoms with van der Waals surface area (Å²) in [7, 11) is 0. The molecule has 0 bridgehead atoms. The molecule has 1 aromatic carbocycles. The summed E-state index contributed by atoms with van der Waals surface area (Å²) in [6.45, 7) is -0.270. The average Bonchev–Trinajstić information content (AvgIpc) is 2.89. The summed E-state index contributed by atoms with van der Waals surface area (Å²) in [4.78, 5) is 26.0. The summed E-state index contributed by atoms with van der Waals surface area (Å²) < 4.78 is 5.72. The van der Waals surface area contributed by atoms with Gasteiger partial charge in [-0.3, -0.25) is 4.79 Å². The summed E-state index contributed by atoms with van der Waals surface area (Å²) in [5, 5.41) is 0. The van der Waals surface area contributed by atoms with Crippen molar-refractivity contribution in [1.29, 1.82) is 0 Å². The van der Waals surface area contributed by atoms with E-state index in [4.69, 9.17) is 4.74 Å². The highest BCUT2D eigenvalue weighted by molar-refractivity contribution is 9.10. The van der Waals surface area contributed by atoms with Gasteiger partial charge in [0.15, 0.2) is 12.4 Å². The third-order valence-electron chi connectivity index (χ3n) is 2.30. The number of H-pyrrole nitrogens is 1. The van der Waals surface area contributed by atoms with E-state index in [1.165, 1.54) is 0 Å². The van der Waals surface area contributed by atoms with Crippen LogP contribution in [0.4, 0.5) is 0 Å². The molecule has 18 heavy (non-hydrogen) atoms. The number of benzene rings is 1. The highest BCUT2D eigenvalue weighted by Gasteiger charge is 2.12. The Morgan fingerprint density at radius 3 is 2.72 bits per heavy atom. The largest absolute Gasteiger partial charge is 0.453 e. The van der Waals surface area contributed by atoms with E-state index in [-0.39, 0.29) is 12.4 Å². The maximum Gasteiger partial charge on any atom is 0.355 e. The molecule has 0 unspecified atom stereocenters. The number of esters is 1. The Morgan fingerprint density at radius 2 is 2.06 bits per heavy atom. The number of carbonyl (C=O) groups excluding carboxylic acids is 2. The number of hydrogen-bond donors (Lipinski definition) is 1. The van der Waals surface area contributed by atoms with Crippen molar-refractivity contribution in [3.63, 3.8) is 0 Å². The van der Waals surface area contributed by atoms with E-state index in [0.29, 0.717) is 11.3 Å². The third-order valence-corrected chi connectivity index (χ3v) is 2.79. The molecule has 0 atom stereocenters. The first-order chi connectivity index (χ1) is 8.66. The normalized spacial score (nSPS) is 10.1. The van der Waals surface area contributed by atoms with Crippen LogP contribution in [-0.4, -0.2) is 23.3 Å². The van der Waals surface area contributed by atoms with Crippen LogP contribution in [0.2, 0.25) is 0 Å². The Balaban J connectivity index is 1.95. The first-order valence-electron chi connectivity index (χ1n) is 5.26. The van der Waals surface area contributed by atoms with Gasteiger partial charge in [-0.15, -0.1) is 0 Å². The minimum Gasteiger partial charge on any atom is -0.453 e. The number of aromatic amines is 1. The smallest absolute Gasteiger partial charge is 0.355 e. The summed E-state index contributed by atoms with van der Waals surface area (Å²) >= 11 is 3.28. The summed E-state index contributed by atoms with van der Waals surface area (Å²) in [5.41, 5.74) is 0.834.